The van der Waals surface area contributed by atoms with Crippen LogP contribution in [0.3, 0.4) is 0 Å². The lowest BCUT2D eigenvalue weighted by Gasteiger charge is -1.94. The van der Waals surface area contributed by atoms with E-state index in [1.807, 2.05) is 72.8 Å². The van der Waals surface area contributed by atoms with Crippen LogP contribution in [0.4, 0.5) is 11.4 Å². The molecule has 0 amide bonds. The van der Waals surface area contributed by atoms with Crippen LogP contribution in [-0.4, -0.2) is 14.1 Å². The van der Waals surface area contributed by atoms with Crippen molar-refractivity contribution in [1.82, 2.24) is 0 Å². The van der Waals surface area contributed by atoms with Crippen molar-refractivity contribution < 1.29 is 0 Å². The highest BCUT2D eigenvalue weighted by molar-refractivity contribution is 5.59. The largest absolute Gasteiger partial charge is 0.192 e. The highest BCUT2D eigenvalue weighted by Crippen LogP contribution is 2.15. The molecule has 2 rings (SSSR count). The number of allylic oxidation sites excluding steroid dienone is 2. The number of nitrogens with zero attached hydrogens (tertiary/aromatic N) is 4. The van der Waals surface area contributed by atoms with Gasteiger partial charge < -0.3 is 0 Å². The van der Waals surface area contributed by atoms with Crippen LogP contribution in [0.5, 0.6) is 0 Å². The van der Waals surface area contributed by atoms with Crippen molar-refractivity contribution in [2.75, 3.05) is 14.1 Å². The summed E-state index contributed by atoms with van der Waals surface area (Å²) in [6, 6.07) is 15.8. The Hall–Kier alpha value is -2.88. The first-order valence-corrected chi connectivity index (χ1v) is 6.96. The van der Waals surface area contributed by atoms with Gasteiger partial charge in [-0.15, -0.1) is 0 Å². The number of rotatable bonds is 5. The van der Waals surface area contributed by atoms with Gasteiger partial charge in [0.1, 0.15) is 0 Å². The van der Waals surface area contributed by atoms with Crippen molar-refractivity contribution >= 4 is 23.5 Å². The maximum absolute atomic E-state index is 3.98. The molecule has 110 valence electrons. The van der Waals surface area contributed by atoms with E-state index in [1.54, 1.807) is 14.1 Å². The standard InChI is InChI=1S/C18H18N4/c1-19-21-17-11-7-15(8-12-17)5-3-4-6-16-9-13-18(14-10-16)22-20-2/h3-14H,1-2H3. The van der Waals surface area contributed by atoms with E-state index in [0.29, 0.717) is 0 Å². The summed E-state index contributed by atoms with van der Waals surface area (Å²) in [6.45, 7) is 0. The molecule has 4 nitrogen and oxygen atoms in total. The van der Waals surface area contributed by atoms with Crippen LogP contribution in [-0.2, 0) is 0 Å². The van der Waals surface area contributed by atoms with E-state index in [-0.39, 0.29) is 0 Å². The van der Waals surface area contributed by atoms with Crippen molar-refractivity contribution in [1.29, 1.82) is 0 Å². The van der Waals surface area contributed by atoms with Crippen LogP contribution in [0.1, 0.15) is 11.1 Å². The average molecular weight is 290 g/mol. The maximum Gasteiger partial charge on any atom is 0.0852 e. The van der Waals surface area contributed by atoms with E-state index in [4.69, 9.17) is 0 Å². The van der Waals surface area contributed by atoms with Crippen molar-refractivity contribution in [2.45, 2.75) is 0 Å². The first-order valence-electron chi connectivity index (χ1n) is 6.96. The second-order valence-corrected chi connectivity index (χ2v) is 4.50. The first-order chi connectivity index (χ1) is 10.8. The number of hydrogen-bond acceptors (Lipinski definition) is 4. The molecule has 2 aromatic carbocycles. The van der Waals surface area contributed by atoms with E-state index in [0.717, 1.165) is 22.5 Å². The topological polar surface area (TPSA) is 49.4 Å². The summed E-state index contributed by atoms with van der Waals surface area (Å²) in [7, 11) is 3.33. The molecule has 0 unspecified atom stereocenters. The monoisotopic (exact) mass is 290 g/mol. The molecule has 0 aliphatic heterocycles. The average Bonchev–Trinajstić information content (AvgIpc) is 2.55. The molecule has 2 aromatic rings. The van der Waals surface area contributed by atoms with Gasteiger partial charge in [0.05, 0.1) is 11.4 Å². The summed E-state index contributed by atoms with van der Waals surface area (Å²) in [5.74, 6) is 0. The molecule has 0 fully saturated rings. The molecular weight excluding hydrogens is 272 g/mol. The van der Waals surface area contributed by atoms with Crippen molar-refractivity contribution in [2.24, 2.45) is 20.5 Å². The normalized spacial score (nSPS) is 12.3. The van der Waals surface area contributed by atoms with E-state index in [9.17, 15) is 0 Å². The van der Waals surface area contributed by atoms with Gasteiger partial charge in [0.25, 0.3) is 0 Å². The molecule has 0 spiro atoms. The molecule has 22 heavy (non-hydrogen) atoms. The predicted molar refractivity (Wildman–Crippen MR) is 91.8 cm³/mol. The summed E-state index contributed by atoms with van der Waals surface area (Å²) < 4.78 is 0. The molecule has 0 radical (unpaired) electrons. The lowest BCUT2D eigenvalue weighted by atomic mass is 10.1. The molecule has 0 heterocycles. The summed E-state index contributed by atoms with van der Waals surface area (Å²) in [5, 5.41) is 15.4. The minimum absolute atomic E-state index is 0.861. The maximum atomic E-state index is 3.98. The molecule has 0 aromatic heterocycles. The Labute approximate surface area is 130 Å². The lowest BCUT2D eigenvalue weighted by molar-refractivity contribution is 1.17. The van der Waals surface area contributed by atoms with Crippen molar-refractivity contribution in [3.05, 3.63) is 71.8 Å². The van der Waals surface area contributed by atoms with Gasteiger partial charge in [-0.1, -0.05) is 48.6 Å². The Kier molecular flexibility index (Phi) is 5.93. The lowest BCUT2D eigenvalue weighted by Crippen LogP contribution is -1.71. The number of benzene rings is 2. The van der Waals surface area contributed by atoms with Crippen molar-refractivity contribution in [3.8, 4) is 0 Å². The predicted octanol–water partition coefficient (Wildman–Crippen LogP) is 5.84. The molecule has 0 aliphatic carbocycles. The Balaban J connectivity index is 1.96. The zero-order valence-electron chi connectivity index (χ0n) is 12.7. The minimum Gasteiger partial charge on any atom is -0.192 e. The molecule has 0 bridgehead atoms. The Morgan fingerprint density at radius 3 is 1.27 bits per heavy atom. The van der Waals surface area contributed by atoms with Crippen LogP contribution in [0, 0.1) is 0 Å². The van der Waals surface area contributed by atoms with Crippen LogP contribution in [0.2, 0.25) is 0 Å². The zero-order valence-corrected chi connectivity index (χ0v) is 12.7. The van der Waals surface area contributed by atoms with Crippen LogP contribution in [0.25, 0.3) is 12.2 Å². The first kappa shape index (κ1) is 15.5. The van der Waals surface area contributed by atoms with Crippen LogP contribution in [0.15, 0.2) is 81.1 Å². The number of azo groups is 2. The third-order valence-electron chi connectivity index (χ3n) is 2.91. The summed E-state index contributed by atoms with van der Waals surface area (Å²) in [4.78, 5) is 0. The van der Waals surface area contributed by atoms with Gasteiger partial charge >= 0.3 is 0 Å². The highest BCUT2D eigenvalue weighted by Gasteiger charge is 1.90. The molecule has 0 atom stereocenters. The van der Waals surface area contributed by atoms with Gasteiger partial charge in [0, 0.05) is 14.1 Å². The van der Waals surface area contributed by atoms with Gasteiger partial charge in [-0.2, -0.15) is 20.5 Å². The highest BCUT2D eigenvalue weighted by atomic mass is 15.1. The molecule has 0 N–H and O–H groups in total. The smallest absolute Gasteiger partial charge is 0.0852 e. The third-order valence-corrected chi connectivity index (χ3v) is 2.91. The fourth-order valence-electron chi connectivity index (χ4n) is 1.87. The summed E-state index contributed by atoms with van der Waals surface area (Å²) in [6.07, 6.45) is 8.11. The van der Waals surface area contributed by atoms with Gasteiger partial charge in [-0.25, -0.2) is 0 Å². The molecular formula is C18H18N4. The quantitative estimate of drug-likeness (QED) is 0.490. The van der Waals surface area contributed by atoms with E-state index in [1.165, 1.54) is 0 Å². The zero-order chi connectivity index (χ0) is 15.6. The van der Waals surface area contributed by atoms with Gasteiger partial charge in [0.2, 0.25) is 0 Å². The third kappa shape index (κ3) is 4.90. The second-order valence-electron chi connectivity index (χ2n) is 4.50. The Bertz CT molecular complexity index is 629. The summed E-state index contributed by atoms with van der Waals surface area (Å²) in [5.41, 5.74) is 3.97. The van der Waals surface area contributed by atoms with E-state index >= 15 is 0 Å². The van der Waals surface area contributed by atoms with Crippen LogP contribution < -0.4 is 0 Å². The molecule has 0 saturated heterocycles. The summed E-state index contributed by atoms with van der Waals surface area (Å²) >= 11 is 0. The SMILES string of the molecule is CN=Nc1ccc(C=CC=Cc2ccc(N=NC)cc2)cc1. The van der Waals surface area contributed by atoms with Crippen molar-refractivity contribution in [3.63, 3.8) is 0 Å². The fraction of sp³-hybridized carbons (Fsp3) is 0.111. The van der Waals surface area contributed by atoms with Gasteiger partial charge in [-0.05, 0) is 35.4 Å². The molecule has 0 saturated carbocycles. The van der Waals surface area contributed by atoms with Gasteiger partial charge in [-0.3, -0.25) is 0 Å². The second kappa shape index (κ2) is 8.42. The Morgan fingerprint density at radius 1 is 0.591 bits per heavy atom. The molecule has 4 heteroatoms. The van der Waals surface area contributed by atoms with Crippen LogP contribution >= 0.6 is 0 Å². The van der Waals surface area contributed by atoms with Gasteiger partial charge in [0.15, 0.2) is 0 Å². The number of hydrogen-bond donors (Lipinski definition) is 0. The van der Waals surface area contributed by atoms with E-state index < -0.39 is 0 Å². The molecule has 0 aliphatic rings. The minimum atomic E-state index is 0.861. The van der Waals surface area contributed by atoms with E-state index in [2.05, 4.69) is 20.5 Å². The fourth-order valence-corrected chi connectivity index (χ4v) is 1.87. The Morgan fingerprint density at radius 2 is 0.955 bits per heavy atom.